The van der Waals surface area contributed by atoms with Crippen molar-refractivity contribution < 1.29 is 15.0 Å². The monoisotopic (exact) mass is 331 g/mol. The van der Waals surface area contributed by atoms with Gasteiger partial charge in [-0.2, -0.15) is 0 Å². The number of hydrogen-bond donors (Lipinski definition) is 3. The standard InChI is InChI=1S/C16H21N5O3/c1-4-17-14-10-15(20-8(3)19-14)21(6-18-10)11-9-5-16(9,7(2)22)13(24)12(11)23/h6,9,11-13,23-24H,4-5H2,1-3H3,(H,17,19,20)/t9?,11-,12+,13?,16+/m1/s1. The van der Waals surface area contributed by atoms with Gasteiger partial charge in [-0.15, -0.1) is 0 Å². The van der Waals surface area contributed by atoms with E-state index in [4.69, 9.17) is 0 Å². The van der Waals surface area contributed by atoms with Crippen LogP contribution < -0.4 is 5.32 Å². The first-order chi connectivity index (χ1) is 11.4. The fourth-order valence-corrected chi connectivity index (χ4v) is 4.31. The summed E-state index contributed by atoms with van der Waals surface area (Å²) in [5.74, 6) is 1.10. The number of aryl methyl sites for hydroxylation is 1. The van der Waals surface area contributed by atoms with Gasteiger partial charge < -0.3 is 20.1 Å². The van der Waals surface area contributed by atoms with Crippen molar-refractivity contribution in [2.24, 2.45) is 11.3 Å². The van der Waals surface area contributed by atoms with E-state index < -0.39 is 23.7 Å². The molecular formula is C16H21N5O3. The summed E-state index contributed by atoms with van der Waals surface area (Å²) in [6.07, 6.45) is 0.158. The molecule has 2 aromatic rings. The summed E-state index contributed by atoms with van der Waals surface area (Å²) in [6.45, 7) is 5.97. The largest absolute Gasteiger partial charge is 0.389 e. The lowest BCUT2D eigenvalue weighted by Gasteiger charge is -2.23. The second kappa shape index (κ2) is 4.97. The average molecular weight is 331 g/mol. The number of nitrogens with one attached hydrogen (secondary N) is 1. The minimum atomic E-state index is -1.04. The number of carbonyl (C=O) groups is 1. The third-order valence-electron chi connectivity index (χ3n) is 5.53. The van der Waals surface area contributed by atoms with Crippen LogP contribution in [0.3, 0.4) is 0 Å². The maximum absolute atomic E-state index is 12.0. The van der Waals surface area contributed by atoms with Crippen LogP contribution in [-0.2, 0) is 4.79 Å². The Morgan fingerprint density at radius 3 is 2.83 bits per heavy atom. The van der Waals surface area contributed by atoms with Crippen molar-refractivity contribution >= 4 is 22.8 Å². The van der Waals surface area contributed by atoms with Crippen molar-refractivity contribution in [3.05, 3.63) is 12.2 Å². The van der Waals surface area contributed by atoms with Gasteiger partial charge in [0, 0.05) is 6.54 Å². The van der Waals surface area contributed by atoms with Gasteiger partial charge in [0.1, 0.15) is 23.2 Å². The van der Waals surface area contributed by atoms with E-state index in [-0.39, 0.29) is 11.7 Å². The first kappa shape index (κ1) is 15.5. The molecule has 4 rings (SSSR count). The van der Waals surface area contributed by atoms with Gasteiger partial charge in [0.15, 0.2) is 11.5 Å². The molecule has 0 aliphatic heterocycles. The lowest BCUT2D eigenvalue weighted by Crippen LogP contribution is -2.36. The van der Waals surface area contributed by atoms with Crippen LogP contribution in [0.1, 0.15) is 32.1 Å². The van der Waals surface area contributed by atoms with E-state index in [1.807, 2.05) is 6.92 Å². The van der Waals surface area contributed by atoms with E-state index in [2.05, 4.69) is 20.3 Å². The first-order valence-electron chi connectivity index (χ1n) is 8.24. The second-order valence-corrected chi connectivity index (χ2v) is 6.81. The second-order valence-electron chi connectivity index (χ2n) is 6.81. The molecule has 2 aliphatic rings. The van der Waals surface area contributed by atoms with E-state index in [9.17, 15) is 15.0 Å². The van der Waals surface area contributed by atoms with Crippen LogP contribution in [0.15, 0.2) is 6.33 Å². The number of nitrogens with zero attached hydrogens (tertiary/aromatic N) is 4. The van der Waals surface area contributed by atoms with Crippen LogP contribution in [0.2, 0.25) is 0 Å². The highest BCUT2D eigenvalue weighted by Gasteiger charge is 2.74. The summed E-state index contributed by atoms with van der Waals surface area (Å²) in [5, 5.41) is 24.1. The Morgan fingerprint density at radius 2 is 2.21 bits per heavy atom. The molecule has 0 saturated heterocycles. The summed E-state index contributed by atoms with van der Waals surface area (Å²) in [5.41, 5.74) is 0.429. The number of ketones is 1. The third kappa shape index (κ3) is 1.81. The predicted octanol–water partition coefficient (Wildman–Crippen LogP) is 0.438. The van der Waals surface area contributed by atoms with Gasteiger partial charge in [-0.25, -0.2) is 15.0 Å². The minimum absolute atomic E-state index is 0.0647. The van der Waals surface area contributed by atoms with Crippen LogP contribution in [-0.4, -0.2) is 54.3 Å². The summed E-state index contributed by atoms with van der Waals surface area (Å²) in [7, 11) is 0. The van der Waals surface area contributed by atoms with Gasteiger partial charge in [0.2, 0.25) is 0 Å². The lowest BCUT2D eigenvalue weighted by atomic mass is 9.95. The molecule has 128 valence electrons. The number of hydrogen-bond acceptors (Lipinski definition) is 7. The number of rotatable bonds is 4. The molecule has 0 bridgehead atoms. The molecule has 3 N–H and O–H groups in total. The maximum atomic E-state index is 12.0. The van der Waals surface area contributed by atoms with Crippen LogP contribution in [0.25, 0.3) is 11.2 Å². The Labute approximate surface area is 138 Å². The highest BCUT2D eigenvalue weighted by molar-refractivity contribution is 5.88. The highest BCUT2D eigenvalue weighted by atomic mass is 16.3. The number of aliphatic hydroxyl groups excluding tert-OH is 2. The number of aliphatic hydroxyl groups is 2. The molecular weight excluding hydrogens is 310 g/mol. The Hall–Kier alpha value is -2.06. The molecule has 0 spiro atoms. The number of imidazole rings is 1. The normalized spacial score (nSPS) is 34.4. The zero-order valence-corrected chi connectivity index (χ0v) is 13.9. The maximum Gasteiger partial charge on any atom is 0.166 e. The summed E-state index contributed by atoms with van der Waals surface area (Å²) in [6, 6.07) is -0.405. The van der Waals surface area contributed by atoms with Crippen molar-refractivity contribution in [1.82, 2.24) is 19.5 Å². The zero-order chi connectivity index (χ0) is 17.2. The molecule has 2 aromatic heterocycles. The van der Waals surface area contributed by atoms with Crippen molar-refractivity contribution in [2.45, 2.75) is 45.4 Å². The van der Waals surface area contributed by atoms with E-state index in [0.717, 1.165) is 0 Å². The molecule has 2 aliphatic carbocycles. The smallest absolute Gasteiger partial charge is 0.166 e. The van der Waals surface area contributed by atoms with E-state index >= 15 is 0 Å². The molecule has 0 radical (unpaired) electrons. The van der Waals surface area contributed by atoms with Crippen molar-refractivity contribution in [2.75, 3.05) is 11.9 Å². The molecule has 2 unspecified atom stereocenters. The summed E-state index contributed by atoms with van der Waals surface area (Å²) >= 11 is 0. The topological polar surface area (TPSA) is 113 Å². The molecule has 24 heavy (non-hydrogen) atoms. The van der Waals surface area contributed by atoms with Crippen molar-refractivity contribution in [3.8, 4) is 0 Å². The molecule has 2 fully saturated rings. The molecule has 0 amide bonds. The lowest BCUT2D eigenvalue weighted by molar-refractivity contribution is -0.128. The molecule has 8 nitrogen and oxygen atoms in total. The third-order valence-corrected chi connectivity index (χ3v) is 5.53. The number of fused-ring (bicyclic) bond motifs is 2. The fourth-order valence-electron chi connectivity index (χ4n) is 4.31. The molecule has 8 heteroatoms. The van der Waals surface area contributed by atoms with E-state index in [1.165, 1.54) is 6.92 Å². The van der Waals surface area contributed by atoms with Crippen LogP contribution in [0.5, 0.6) is 0 Å². The van der Waals surface area contributed by atoms with Crippen molar-refractivity contribution in [1.29, 1.82) is 0 Å². The Balaban J connectivity index is 1.82. The molecule has 5 atom stereocenters. The van der Waals surface area contributed by atoms with Gasteiger partial charge in [0.25, 0.3) is 0 Å². The van der Waals surface area contributed by atoms with Crippen molar-refractivity contribution in [3.63, 3.8) is 0 Å². The Kier molecular flexibility index (Phi) is 3.20. The Morgan fingerprint density at radius 1 is 1.46 bits per heavy atom. The molecule has 2 saturated carbocycles. The van der Waals surface area contributed by atoms with Crippen LogP contribution in [0, 0.1) is 18.3 Å². The number of carbonyl (C=O) groups excluding carboxylic acids is 1. The molecule has 0 aromatic carbocycles. The van der Waals surface area contributed by atoms with Crippen LogP contribution >= 0.6 is 0 Å². The number of anilines is 1. The zero-order valence-electron chi connectivity index (χ0n) is 13.9. The SMILES string of the molecule is CCNc1nc(C)nc2c1ncn2[C@@H]1C2C[C@@]2(C(C)=O)C(O)[C@H]1O. The van der Waals surface area contributed by atoms with Crippen LogP contribution in [0.4, 0.5) is 5.82 Å². The summed E-state index contributed by atoms with van der Waals surface area (Å²) in [4.78, 5) is 25.3. The van der Waals surface area contributed by atoms with Gasteiger partial charge in [-0.3, -0.25) is 4.79 Å². The van der Waals surface area contributed by atoms with Gasteiger partial charge in [-0.05, 0) is 33.1 Å². The average Bonchev–Trinajstić information content (AvgIpc) is 3.07. The fraction of sp³-hybridized carbons (Fsp3) is 0.625. The van der Waals surface area contributed by atoms with E-state index in [0.29, 0.717) is 35.8 Å². The number of aromatic nitrogens is 4. The van der Waals surface area contributed by atoms with Gasteiger partial charge in [-0.1, -0.05) is 0 Å². The quantitative estimate of drug-likeness (QED) is 0.745. The summed E-state index contributed by atoms with van der Waals surface area (Å²) < 4.78 is 1.79. The minimum Gasteiger partial charge on any atom is -0.389 e. The van der Waals surface area contributed by atoms with Gasteiger partial charge >= 0.3 is 0 Å². The van der Waals surface area contributed by atoms with E-state index in [1.54, 1.807) is 17.8 Å². The highest BCUT2D eigenvalue weighted by Crippen LogP contribution is 2.68. The Bertz CT molecular complexity index is 834. The predicted molar refractivity (Wildman–Crippen MR) is 86.5 cm³/mol. The first-order valence-corrected chi connectivity index (χ1v) is 8.24. The van der Waals surface area contributed by atoms with Gasteiger partial charge in [0.05, 0.1) is 23.9 Å². The molecule has 2 heterocycles. The number of Topliss-reactive ketones (excluding diaryl/α,β-unsaturated/α-hetero) is 1.